The molecule has 5 nitrogen and oxygen atoms in total. The van der Waals surface area contributed by atoms with E-state index in [2.05, 4.69) is 15.4 Å². The van der Waals surface area contributed by atoms with Crippen molar-refractivity contribution in [2.75, 3.05) is 0 Å². The summed E-state index contributed by atoms with van der Waals surface area (Å²) >= 11 is 1.35. The molecule has 2 aromatic heterocycles. The molecule has 0 spiro atoms. The zero-order chi connectivity index (χ0) is 17.4. The van der Waals surface area contributed by atoms with E-state index in [0.29, 0.717) is 4.88 Å². The number of aryl methyl sites for hydroxylation is 1. The first kappa shape index (κ1) is 16.0. The largest absolute Gasteiger partial charge is 0.344 e. The molecule has 1 aromatic carbocycles. The number of rotatable bonds is 3. The molecule has 1 atom stereocenters. The fourth-order valence-corrected chi connectivity index (χ4v) is 3.96. The van der Waals surface area contributed by atoms with Crippen LogP contribution in [-0.2, 0) is 6.42 Å². The number of halogens is 1. The van der Waals surface area contributed by atoms with E-state index in [4.69, 9.17) is 0 Å². The molecule has 1 aliphatic carbocycles. The number of carbonyl (C=O) groups is 1. The van der Waals surface area contributed by atoms with Gasteiger partial charge in [-0.2, -0.15) is 5.10 Å². The number of amides is 1. The van der Waals surface area contributed by atoms with Gasteiger partial charge in [-0.25, -0.2) is 14.1 Å². The third kappa shape index (κ3) is 2.95. The van der Waals surface area contributed by atoms with Crippen molar-refractivity contribution < 1.29 is 9.18 Å². The Morgan fingerprint density at radius 1 is 1.36 bits per heavy atom. The van der Waals surface area contributed by atoms with E-state index in [1.807, 2.05) is 17.8 Å². The van der Waals surface area contributed by atoms with Crippen LogP contribution in [-0.4, -0.2) is 20.7 Å². The molecule has 1 aliphatic rings. The van der Waals surface area contributed by atoms with Crippen LogP contribution in [0.5, 0.6) is 0 Å². The van der Waals surface area contributed by atoms with Gasteiger partial charge in [0.25, 0.3) is 5.91 Å². The molecule has 3 aromatic rings. The van der Waals surface area contributed by atoms with E-state index < -0.39 is 0 Å². The van der Waals surface area contributed by atoms with Gasteiger partial charge in [-0.3, -0.25) is 4.79 Å². The standard InChI is InChI=1S/C18H17FN4OS/c1-11-17(25-10-20-11)18(24)22-15-3-2-4-16-14(15)9-21-23(16)13-7-5-12(19)6-8-13/h5-10,15H,2-4H2,1H3,(H,22,24)/t15-/m0/s1. The quantitative estimate of drug-likeness (QED) is 0.780. The second kappa shape index (κ2) is 6.40. The average Bonchev–Trinajstić information content (AvgIpc) is 3.22. The molecule has 7 heteroatoms. The van der Waals surface area contributed by atoms with Crippen molar-refractivity contribution >= 4 is 17.2 Å². The summed E-state index contributed by atoms with van der Waals surface area (Å²) in [6.45, 7) is 1.84. The zero-order valence-electron chi connectivity index (χ0n) is 13.7. The number of hydrogen-bond donors (Lipinski definition) is 1. The number of nitrogens with one attached hydrogen (secondary N) is 1. The van der Waals surface area contributed by atoms with Crippen LogP contribution in [0.15, 0.2) is 36.0 Å². The van der Waals surface area contributed by atoms with Crippen molar-refractivity contribution in [1.29, 1.82) is 0 Å². The predicted molar refractivity (Wildman–Crippen MR) is 93.5 cm³/mol. The zero-order valence-corrected chi connectivity index (χ0v) is 14.5. The Balaban J connectivity index is 1.62. The van der Waals surface area contributed by atoms with Gasteiger partial charge in [0, 0.05) is 11.3 Å². The van der Waals surface area contributed by atoms with Crippen LogP contribution in [0.2, 0.25) is 0 Å². The number of thiazole rings is 1. The van der Waals surface area contributed by atoms with E-state index in [9.17, 15) is 9.18 Å². The Morgan fingerprint density at radius 2 is 2.16 bits per heavy atom. The fourth-order valence-electron chi connectivity index (χ4n) is 3.26. The molecule has 0 aliphatic heterocycles. The van der Waals surface area contributed by atoms with Crippen LogP contribution >= 0.6 is 11.3 Å². The summed E-state index contributed by atoms with van der Waals surface area (Å²) in [6.07, 6.45) is 4.54. The molecular formula is C18H17FN4OS. The van der Waals surface area contributed by atoms with Crippen molar-refractivity contribution in [2.45, 2.75) is 32.2 Å². The lowest BCUT2D eigenvalue weighted by Crippen LogP contribution is -2.30. The first-order valence-corrected chi connectivity index (χ1v) is 9.05. The van der Waals surface area contributed by atoms with Gasteiger partial charge in [0.15, 0.2) is 0 Å². The number of fused-ring (bicyclic) bond motifs is 1. The molecule has 0 saturated carbocycles. The second-order valence-electron chi connectivity index (χ2n) is 6.12. The Labute approximate surface area is 148 Å². The molecule has 0 radical (unpaired) electrons. The number of benzene rings is 1. The molecule has 2 heterocycles. The smallest absolute Gasteiger partial charge is 0.263 e. The van der Waals surface area contributed by atoms with Crippen LogP contribution in [0.3, 0.4) is 0 Å². The van der Waals surface area contributed by atoms with Crippen molar-refractivity contribution in [3.05, 3.63) is 63.6 Å². The lowest BCUT2D eigenvalue weighted by molar-refractivity contribution is 0.0936. The van der Waals surface area contributed by atoms with Crippen LogP contribution < -0.4 is 5.32 Å². The minimum atomic E-state index is -0.269. The first-order valence-electron chi connectivity index (χ1n) is 8.17. The minimum absolute atomic E-state index is 0.0630. The molecule has 0 saturated heterocycles. The highest BCUT2D eigenvalue weighted by Gasteiger charge is 2.27. The SMILES string of the molecule is Cc1ncsc1C(=O)N[C@H]1CCCc2c1cnn2-c1ccc(F)cc1. The second-order valence-corrected chi connectivity index (χ2v) is 6.97. The number of hydrogen-bond acceptors (Lipinski definition) is 4. The van der Waals surface area contributed by atoms with E-state index in [0.717, 1.165) is 41.9 Å². The maximum atomic E-state index is 13.2. The molecule has 0 bridgehead atoms. The number of aromatic nitrogens is 3. The van der Waals surface area contributed by atoms with Gasteiger partial charge < -0.3 is 5.32 Å². The maximum absolute atomic E-state index is 13.2. The van der Waals surface area contributed by atoms with Gasteiger partial charge in [-0.15, -0.1) is 11.3 Å². The summed E-state index contributed by atoms with van der Waals surface area (Å²) in [5.74, 6) is -0.359. The molecule has 1 N–H and O–H groups in total. The normalized spacial score (nSPS) is 16.5. The van der Waals surface area contributed by atoms with Crippen molar-refractivity contribution in [3.63, 3.8) is 0 Å². The fraction of sp³-hybridized carbons (Fsp3) is 0.278. The molecule has 4 rings (SSSR count). The van der Waals surface area contributed by atoms with Crippen molar-refractivity contribution in [1.82, 2.24) is 20.1 Å². The molecular weight excluding hydrogens is 339 g/mol. The lowest BCUT2D eigenvalue weighted by atomic mass is 9.92. The van der Waals surface area contributed by atoms with E-state index >= 15 is 0 Å². The van der Waals surface area contributed by atoms with Crippen LogP contribution in [0.4, 0.5) is 4.39 Å². The monoisotopic (exact) mass is 356 g/mol. The molecule has 25 heavy (non-hydrogen) atoms. The van der Waals surface area contributed by atoms with Gasteiger partial charge in [0.1, 0.15) is 10.7 Å². The highest BCUT2D eigenvalue weighted by atomic mass is 32.1. The number of nitrogens with zero attached hydrogens (tertiary/aromatic N) is 3. The summed E-state index contributed by atoms with van der Waals surface area (Å²) in [5, 5.41) is 7.58. The number of carbonyl (C=O) groups excluding carboxylic acids is 1. The third-order valence-electron chi connectivity index (χ3n) is 4.51. The van der Waals surface area contributed by atoms with Crippen molar-refractivity contribution in [3.8, 4) is 5.69 Å². The van der Waals surface area contributed by atoms with Gasteiger partial charge in [0.2, 0.25) is 0 Å². The average molecular weight is 356 g/mol. The van der Waals surface area contributed by atoms with E-state index in [1.165, 1.54) is 23.5 Å². The third-order valence-corrected chi connectivity index (χ3v) is 5.44. The summed E-state index contributed by atoms with van der Waals surface area (Å²) in [4.78, 5) is 17.3. The summed E-state index contributed by atoms with van der Waals surface area (Å²) < 4.78 is 15.0. The lowest BCUT2D eigenvalue weighted by Gasteiger charge is -2.24. The van der Waals surface area contributed by atoms with Crippen molar-refractivity contribution in [2.24, 2.45) is 0 Å². The summed E-state index contributed by atoms with van der Waals surface area (Å²) in [7, 11) is 0. The molecule has 1 amide bonds. The van der Waals surface area contributed by atoms with Crippen LogP contribution in [0.25, 0.3) is 5.69 Å². The minimum Gasteiger partial charge on any atom is -0.344 e. The highest BCUT2D eigenvalue weighted by molar-refractivity contribution is 7.11. The molecule has 0 unspecified atom stereocenters. The van der Waals surface area contributed by atoms with Gasteiger partial charge in [-0.1, -0.05) is 0 Å². The highest BCUT2D eigenvalue weighted by Crippen LogP contribution is 2.31. The predicted octanol–water partition coefficient (Wildman–Crippen LogP) is 3.58. The first-order chi connectivity index (χ1) is 12.1. The van der Waals surface area contributed by atoms with E-state index in [-0.39, 0.29) is 17.8 Å². The Bertz CT molecular complexity index is 916. The Kier molecular flexibility index (Phi) is 4.09. The van der Waals surface area contributed by atoms with Gasteiger partial charge >= 0.3 is 0 Å². The molecule has 0 fully saturated rings. The summed E-state index contributed by atoms with van der Waals surface area (Å²) in [6, 6.07) is 6.22. The maximum Gasteiger partial charge on any atom is 0.263 e. The summed E-state index contributed by atoms with van der Waals surface area (Å²) in [5.41, 5.74) is 5.37. The van der Waals surface area contributed by atoms with Gasteiger partial charge in [-0.05, 0) is 50.5 Å². The van der Waals surface area contributed by atoms with Gasteiger partial charge in [0.05, 0.1) is 29.1 Å². The Morgan fingerprint density at radius 3 is 2.88 bits per heavy atom. The van der Waals surface area contributed by atoms with E-state index in [1.54, 1.807) is 17.6 Å². The molecule has 128 valence electrons. The topological polar surface area (TPSA) is 59.8 Å². The van der Waals surface area contributed by atoms with Crippen LogP contribution in [0.1, 0.15) is 45.5 Å². The Hall–Kier alpha value is -2.54. The van der Waals surface area contributed by atoms with Crippen LogP contribution in [0, 0.1) is 12.7 Å².